The monoisotopic (exact) mass is 227 g/mol. The fraction of sp³-hybridized carbons (Fsp3) is 0.500. The number of rotatable bonds is 5. The topological polar surface area (TPSA) is 64.1 Å². The number of carbonyl (C=O) groups is 1. The van der Waals surface area contributed by atoms with E-state index in [1.54, 1.807) is 13.8 Å². The van der Waals surface area contributed by atoms with Crippen LogP contribution in [-0.2, 0) is 16.0 Å². The summed E-state index contributed by atoms with van der Waals surface area (Å²) in [5.41, 5.74) is 0.321. The fourth-order valence-electron chi connectivity index (χ4n) is 1.14. The normalized spacial score (nSPS) is 9.94. The molecule has 0 atom stereocenters. The third kappa shape index (κ3) is 3.15. The minimum Gasteiger partial charge on any atom is -0.465 e. The van der Waals surface area contributed by atoms with Crippen LogP contribution in [0.5, 0.6) is 0 Å². The fourth-order valence-corrected chi connectivity index (χ4v) is 1.14. The maximum absolute atomic E-state index is 13.6. The van der Waals surface area contributed by atoms with Gasteiger partial charge in [-0.05, 0) is 13.3 Å². The Labute approximate surface area is 93.1 Å². The zero-order chi connectivity index (χ0) is 12.0. The van der Waals surface area contributed by atoms with E-state index < -0.39 is 11.8 Å². The van der Waals surface area contributed by atoms with E-state index in [-0.39, 0.29) is 12.4 Å². The Morgan fingerprint density at radius 1 is 1.50 bits per heavy atom. The molecule has 0 aromatic carbocycles. The van der Waals surface area contributed by atoms with Crippen LogP contribution >= 0.6 is 0 Å². The highest BCUT2D eigenvalue weighted by Gasteiger charge is 2.10. The molecule has 0 radical (unpaired) electrons. The molecule has 1 aromatic rings. The molecule has 0 saturated carbocycles. The average Bonchev–Trinajstić information content (AvgIpc) is 2.28. The highest BCUT2D eigenvalue weighted by Crippen LogP contribution is 2.12. The summed E-state index contributed by atoms with van der Waals surface area (Å²) in [7, 11) is 0. The first kappa shape index (κ1) is 12.4. The van der Waals surface area contributed by atoms with Crippen LogP contribution in [-0.4, -0.2) is 29.1 Å². The first-order valence-electron chi connectivity index (χ1n) is 5.07. The lowest BCUT2D eigenvalue weighted by atomic mass is 10.3. The van der Waals surface area contributed by atoms with E-state index in [2.05, 4.69) is 15.3 Å². The Bertz CT molecular complexity index is 371. The second kappa shape index (κ2) is 5.99. The first-order chi connectivity index (χ1) is 7.69. The molecule has 16 heavy (non-hydrogen) atoms. The zero-order valence-corrected chi connectivity index (χ0v) is 9.29. The molecular formula is C10H14FN3O2. The minimum absolute atomic E-state index is 0.0277. The van der Waals surface area contributed by atoms with E-state index in [1.807, 2.05) is 0 Å². The molecule has 6 heteroatoms. The van der Waals surface area contributed by atoms with Crippen molar-refractivity contribution in [3.05, 3.63) is 17.8 Å². The number of aromatic nitrogens is 2. The lowest BCUT2D eigenvalue weighted by molar-refractivity contribution is -0.140. The van der Waals surface area contributed by atoms with Crippen molar-refractivity contribution < 1.29 is 13.9 Å². The van der Waals surface area contributed by atoms with Crippen molar-refractivity contribution in [1.29, 1.82) is 0 Å². The van der Waals surface area contributed by atoms with Gasteiger partial charge in [0.2, 0.25) is 0 Å². The largest absolute Gasteiger partial charge is 0.465 e. The number of halogens is 1. The van der Waals surface area contributed by atoms with Crippen LogP contribution in [0, 0.1) is 5.82 Å². The lowest BCUT2D eigenvalue weighted by Gasteiger charge is -2.07. The molecule has 5 nitrogen and oxygen atoms in total. The number of aryl methyl sites for hydroxylation is 1. The maximum atomic E-state index is 13.6. The molecule has 1 aromatic heterocycles. The highest BCUT2D eigenvalue weighted by molar-refractivity contribution is 5.74. The number of nitrogens with zero attached hydrogens (tertiary/aromatic N) is 2. The van der Waals surface area contributed by atoms with E-state index >= 15 is 0 Å². The van der Waals surface area contributed by atoms with Gasteiger partial charge in [0.25, 0.3) is 0 Å². The van der Waals surface area contributed by atoms with Gasteiger partial charge in [-0.3, -0.25) is 4.79 Å². The maximum Gasteiger partial charge on any atom is 0.325 e. The van der Waals surface area contributed by atoms with Gasteiger partial charge in [0, 0.05) is 0 Å². The van der Waals surface area contributed by atoms with Crippen LogP contribution in [0.2, 0.25) is 0 Å². The van der Waals surface area contributed by atoms with Crippen LogP contribution in [0.4, 0.5) is 10.2 Å². The number of carbonyl (C=O) groups excluding carboxylic acids is 1. The van der Waals surface area contributed by atoms with Gasteiger partial charge in [-0.1, -0.05) is 6.92 Å². The Hall–Kier alpha value is -1.72. The number of hydrogen-bond donors (Lipinski definition) is 1. The molecule has 0 unspecified atom stereocenters. The summed E-state index contributed by atoms with van der Waals surface area (Å²) in [6.07, 6.45) is 1.73. The summed E-state index contributed by atoms with van der Waals surface area (Å²) in [5, 5.41) is 2.57. The summed E-state index contributed by atoms with van der Waals surface area (Å²) in [5.74, 6) is -0.937. The molecule has 88 valence electrons. The Kier molecular flexibility index (Phi) is 4.63. The summed E-state index contributed by atoms with van der Waals surface area (Å²) < 4.78 is 18.3. The second-order valence-electron chi connectivity index (χ2n) is 3.00. The predicted molar refractivity (Wildman–Crippen MR) is 56.5 cm³/mol. The Balaban J connectivity index is 2.63. The lowest BCUT2D eigenvalue weighted by Crippen LogP contribution is -2.18. The molecule has 0 spiro atoms. The van der Waals surface area contributed by atoms with E-state index in [1.165, 1.54) is 6.33 Å². The molecule has 1 heterocycles. The van der Waals surface area contributed by atoms with Gasteiger partial charge in [0.1, 0.15) is 12.9 Å². The van der Waals surface area contributed by atoms with Crippen molar-refractivity contribution in [3.63, 3.8) is 0 Å². The molecule has 1 N–H and O–H groups in total. The molecule has 0 aliphatic carbocycles. The second-order valence-corrected chi connectivity index (χ2v) is 3.00. The smallest absolute Gasteiger partial charge is 0.325 e. The SMILES string of the molecule is CCOC(=O)CNc1ncnc(CC)c1F. The van der Waals surface area contributed by atoms with Gasteiger partial charge in [-0.25, -0.2) is 14.4 Å². The van der Waals surface area contributed by atoms with Gasteiger partial charge in [-0.15, -0.1) is 0 Å². The third-order valence-electron chi connectivity index (χ3n) is 1.90. The van der Waals surface area contributed by atoms with Crippen LogP contribution in [0.3, 0.4) is 0 Å². The van der Waals surface area contributed by atoms with Crippen molar-refractivity contribution in [1.82, 2.24) is 9.97 Å². The molecule has 0 saturated heterocycles. The number of hydrogen-bond acceptors (Lipinski definition) is 5. The third-order valence-corrected chi connectivity index (χ3v) is 1.90. The molecule has 0 aliphatic rings. The minimum atomic E-state index is -0.519. The standard InChI is InChI=1S/C10H14FN3O2/c1-3-7-9(11)10(14-6-13-7)12-5-8(15)16-4-2/h6H,3-5H2,1-2H3,(H,12,13,14). The van der Waals surface area contributed by atoms with E-state index in [9.17, 15) is 9.18 Å². The molecule has 0 aliphatic heterocycles. The number of ether oxygens (including phenoxy) is 1. The average molecular weight is 227 g/mol. The van der Waals surface area contributed by atoms with E-state index in [0.29, 0.717) is 18.7 Å². The van der Waals surface area contributed by atoms with Gasteiger partial charge < -0.3 is 10.1 Å². The number of anilines is 1. The molecule has 0 bridgehead atoms. The van der Waals surface area contributed by atoms with Crippen LogP contribution in [0.25, 0.3) is 0 Å². The van der Waals surface area contributed by atoms with Crippen LogP contribution < -0.4 is 5.32 Å². The van der Waals surface area contributed by atoms with Crippen molar-refractivity contribution in [2.75, 3.05) is 18.5 Å². The molecule has 0 amide bonds. The van der Waals surface area contributed by atoms with Gasteiger partial charge >= 0.3 is 5.97 Å². The quantitative estimate of drug-likeness (QED) is 0.764. The molecular weight excluding hydrogens is 213 g/mol. The summed E-state index contributed by atoms with van der Waals surface area (Å²) in [6, 6.07) is 0. The first-order valence-corrected chi connectivity index (χ1v) is 5.07. The zero-order valence-electron chi connectivity index (χ0n) is 9.29. The highest BCUT2D eigenvalue weighted by atomic mass is 19.1. The van der Waals surface area contributed by atoms with Gasteiger partial charge in [0.05, 0.1) is 12.3 Å². The van der Waals surface area contributed by atoms with Crippen molar-refractivity contribution in [2.45, 2.75) is 20.3 Å². The van der Waals surface area contributed by atoms with Crippen LogP contribution in [0.15, 0.2) is 6.33 Å². The van der Waals surface area contributed by atoms with Crippen molar-refractivity contribution >= 4 is 11.8 Å². The molecule has 0 fully saturated rings. The Morgan fingerprint density at radius 2 is 2.25 bits per heavy atom. The van der Waals surface area contributed by atoms with Gasteiger partial charge in [0.15, 0.2) is 11.6 Å². The molecule has 1 rings (SSSR count). The predicted octanol–water partition coefficient (Wildman–Crippen LogP) is 1.15. The number of esters is 1. The van der Waals surface area contributed by atoms with Crippen LogP contribution in [0.1, 0.15) is 19.5 Å². The summed E-state index contributed by atoms with van der Waals surface area (Å²) >= 11 is 0. The summed E-state index contributed by atoms with van der Waals surface area (Å²) in [6.45, 7) is 3.69. The van der Waals surface area contributed by atoms with Gasteiger partial charge in [-0.2, -0.15) is 0 Å². The van der Waals surface area contributed by atoms with E-state index in [4.69, 9.17) is 4.74 Å². The van der Waals surface area contributed by atoms with E-state index in [0.717, 1.165) is 0 Å². The van der Waals surface area contributed by atoms with Crippen molar-refractivity contribution in [2.24, 2.45) is 0 Å². The number of nitrogens with one attached hydrogen (secondary N) is 1. The van der Waals surface area contributed by atoms with Crippen molar-refractivity contribution in [3.8, 4) is 0 Å². The summed E-state index contributed by atoms with van der Waals surface area (Å²) in [4.78, 5) is 18.5. The Morgan fingerprint density at radius 3 is 2.88 bits per heavy atom.